The number of amides is 1. The molecule has 0 aliphatic rings. The summed E-state index contributed by atoms with van der Waals surface area (Å²) in [5.74, 6) is -0.743. The molecule has 0 aliphatic heterocycles. The van der Waals surface area contributed by atoms with Gasteiger partial charge in [-0.15, -0.1) is 0 Å². The zero-order valence-corrected chi connectivity index (χ0v) is 15.0. The van der Waals surface area contributed by atoms with E-state index in [-0.39, 0.29) is 5.91 Å². The predicted octanol–water partition coefficient (Wildman–Crippen LogP) is 4.28. The lowest BCUT2D eigenvalue weighted by molar-refractivity contribution is 0.0599. The molecule has 2 N–H and O–H groups in total. The van der Waals surface area contributed by atoms with E-state index in [0.29, 0.717) is 39.6 Å². The number of aryl methyl sites for hydroxylation is 1. The Balaban J connectivity index is 2.42. The molecule has 0 fully saturated rings. The van der Waals surface area contributed by atoms with E-state index in [1.807, 2.05) is 13.8 Å². The minimum Gasteiger partial charge on any atom is -0.465 e. The Labute approximate surface area is 146 Å². The van der Waals surface area contributed by atoms with Gasteiger partial charge in [-0.2, -0.15) is 0 Å². The minimum absolute atomic E-state index is 0.304. The van der Waals surface area contributed by atoms with Crippen LogP contribution in [0.25, 0.3) is 0 Å². The van der Waals surface area contributed by atoms with E-state index in [0.717, 1.165) is 12.0 Å². The molecule has 0 unspecified atom stereocenters. The molecule has 128 valence electrons. The summed E-state index contributed by atoms with van der Waals surface area (Å²) in [5, 5.41) is 3.44. The van der Waals surface area contributed by atoms with E-state index in [1.54, 1.807) is 25.1 Å². The van der Waals surface area contributed by atoms with E-state index < -0.39 is 5.97 Å². The largest absolute Gasteiger partial charge is 0.465 e. The van der Waals surface area contributed by atoms with Crippen molar-refractivity contribution in [1.82, 2.24) is 4.98 Å². The average Bonchev–Trinajstić information content (AvgIpc) is 2.88. The first-order chi connectivity index (χ1) is 11.4. The zero-order chi connectivity index (χ0) is 17.9. The molecule has 1 heterocycles. The van der Waals surface area contributed by atoms with Gasteiger partial charge in [0, 0.05) is 16.4 Å². The van der Waals surface area contributed by atoms with Crippen molar-refractivity contribution in [2.45, 2.75) is 33.6 Å². The van der Waals surface area contributed by atoms with Gasteiger partial charge in [0.2, 0.25) is 0 Å². The monoisotopic (exact) mass is 348 g/mol. The van der Waals surface area contributed by atoms with Gasteiger partial charge in [0.1, 0.15) is 5.69 Å². The van der Waals surface area contributed by atoms with Gasteiger partial charge in [0.15, 0.2) is 0 Å². The van der Waals surface area contributed by atoms with Crippen LogP contribution in [-0.4, -0.2) is 24.0 Å². The molecule has 0 bridgehead atoms. The van der Waals surface area contributed by atoms with E-state index in [9.17, 15) is 9.59 Å². The third-order valence-corrected chi connectivity index (χ3v) is 4.33. The summed E-state index contributed by atoms with van der Waals surface area (Å²) in [5.41, 5.74) is 3.56. The Morgan fingerprint density at radius 2 is 2.00 bits per heavy atom. The van der Waals surface area contributed by atoms with E-state index in [2.05, 4.69) is 10.3 Å². The van der Waals surface area contributed by atoms with Gasteiger partial charge in [0.05, 0.1) is 12.7 Å². The molecule has 1 amide bonds. The van der Waals surface area contributed by atoms with Crippen LogP contribution in [-0.2, 0) is 11.2 Å². The summed E-state index contributed by atoms with van der Waals surface area (Å²) in [7, 11) is 1.33. The van der Waals surface area contributed by atoms with Gasteiger partial charge >= 0.3 is 5.97 Å². The molecule has 2 rings (SSSR count). The molecular weight excluding hydrogens is 328 g/mol. The highest BCUT2D eigenvalue weighted by Crippen LogP contribution is 2.26. The first-order valence-electron chi connectivity index (χ1n) is 7.76. The van der Waals surface area contributed by atoms with Gasteiger partial charge in [0.25, 0.3) is 5.91 Å². The highest BCUT2D eigenvalue weighted by atomic mass is 35.5. The fraction of sp³-hybridized carbons (Fsp3) is 0.333. The molecule has 1 aromatic heterocycles. The van der Waals surface area contributed by atoms with Crippen LogP contribution in [0.3, 0.4) is 0 Å². The van der Waals surface area contributed by atoms with Crippen molar-refractivity contribution in [3.63, 3.8) is 0 Å². The molecule has 1 aromatic carbocycles. The van der Waals surface area contributed by atoms with Crippen LogP contribution in [0.5, 0.6) is 0 Å². The lowest BCUT2D eigenvalue weighted by atomic mass is 10.0. The number of hydrogen-bond acceptors (Lipinski definition) is 3. The van der Waals surface area contributed by atoms with Crippen LogP contribution in [0.4, 0.5) is 5.69 Å². The van der Waals surface area contributed by atoms with Crippen molar-refractivity contribution in [3.8, 4) is 0 Å². The van der Waals surface area contributed by atoms with E-state index in [1.165, 1.54) is 7.11 Å². The summed E-state index contributed by atoms with van der Waals surface area (Å²) in [4.78, 5) is 27.8. The number of aromatic amines is 1. The third-order valence-electron chi connectivity index (χ3n) is 3.92. The molecule has 0 spiro atoms. The standard InChI is InChI=1S/C18H21ClN2O3/c1-5-7-12-15(18(23)24-4)11(3)20-16(12)17(22)21-14-9-6-8-13(19)10(14)2/h6,8-9,20H,5,7H2,1-4H3,(H,21,22). The molecular formula is C18H21ClN2O3. The number of rotatable bonds is 5. The van der Waals surface area contributed by atoms with Crippen molar-refractivity contribution < 1.29 is 14.3 Å². The maximum Gasteiger partial charge on any atom is 0.339 e. The quantitative estimate of drug-likeness (QED) is 0.792. The summed E-state index contributed by atoms with van der Waals surface area (Å²) in [6.07, 6.45) is 1.41. The fourth-order valence-electron chi connectivity index (χ4n) is 2.68. The van der Waals surface area contributed by atoms with Gasteiger partial charge in [-0.3, -0.25) is 4.79 Å². The highest BCUT2D eigenvalue weighted by Gasteiger charge is 2.25. The smallest absolute Gasteiger partial charge is 0.339 e. The number of anilines is 1. The number of aromatic nitrogens is 1. The molecule has 6 heteroatoms. The Morgan fingerprint density at radius 1 is 1.29 bits per heavy atom. The second kappa shape index (κ2) is 7.53. The number of carbonyl (C=O) groups is 2. The molecule has 2 aromatic rings. The highest BCUT2D eigenvalue weighted by molar-refractivity contribution is 6.31. The SMILES string of the molecule is CCCc1c(C(=O)Nc2cccc(Cl)c2C)[nH]c(C)c1C(=O)OC. The molecule has 0 radical (unpaired) electrons. The average molecular weight is 349 g/mol. The summed E-state index contributed by atoms with van der Waals surface area (Å²) in [6.45, 7) is 5.59. The van der Waals surface area contributed by atoms with E-state index in [4.69, 9.17) is 16.3 Å². The Morgan fingerprint density at radius 3 is 2.62 bits per heavy atom. The van der Waals surface area contributed by atoms with Gasteiger partial charge in [-0.05, 0) is 43.5 Å². The van der Waals surface area contributed by atoms with E-state index >= 15 is 0 Å². The first-order valence-corrected chi connectivity index (χ1v) is 8.14. The van der Waals surface area contributed by atoms with Gasteiger partial charge in [-0.25, -0.2) is 4.79 Å². The maximum atomic E-state index is 12.7. The zero-order valence-electron chi connectivity index (χ0n) is 14.2. The number of nitrogens with one attached hydrogen (secondary N) is 2. The number of methoxy groups -OCH3 is 1. The number of esters is 1. The first kappa shape index (κ1) is 18.1. The molecule has 0 aliphatic carbocycles. The second-order valence-corrected chi connectivity index (χ2v) is 5.99. The van der Waals surface area contributed by atoms with Crippen LogP contribution < -0.4 is 5.32 Å². The molecule has 0 saturated carbocycles. The van der Waals surface area contributed by atoms with Crippen molar-refractivity contribution in [3.05, 3.63) is 51.3 Å². The topological polar surface area (TPSA) is 71.2 Å². The number of hydrogen-bond donors (Lipinski definition) is 2. The molecule has 5 nitrogen and oxygen atoms in total. The Hall–Kier alpha value is -2.27. The lowest BCUT2D eigenvalue weighted by Gasteiger charge is -2.10. The minimum atomic E-state index is -0.440. The lowest BCUT2D eigenvalue weighted by Crippen LogP contribution is -2.16. The normalized spacial score (nSPS) is 10.5. The number of ether oxygens (including phenoxy) is 1. The van der Waals surface area contributed by atoms with Gasteiger partial charge < -0.3 is 15.0 Å². The van der Waals surface area contributed by atoms with Crippen LogP contribution >= 0.6 is 11.6 Å². The van der Waals surface area contributed by atoms with Crippen LogP contribution in [0.1, 0.15) is 51.0 Å². The van der Waals surface area contributed by atoms with Crippen LogP contribution in [0, 0.1) is 13.8 Å². The van der Waals surface area contributed by atoms with Gasteiger partial charge in [-0.1, -0.05) is 31.0 Å². The summed E-state index contributed by atoms with van der Waals surface area (Å²) >= 11 is 6.09. The third kappa shape index (κ3) is 3.46. The van der Waals surface area contributed by atoms with Crippen LogP contribution in [0.15, 0.2) is 18.2 Å². The molecule has 24 heavy (non-hydrogen) atoms. The van der Waals surface area contributed by atoms with Crippen molar-refractivity contribution >= 4 is 29.2 Å². The summed E-state index contributed by atoms with van der Waals surface area (Å²) < 4.78 is 4.84. The Bertz CT molecular complexity index is 781. The molecule has 0 saturated heterocycles. The maximum absolute atomic E-state index is 12.7. The van der Waals surface area contributed by atoms with Crippen molar-refractivity contribution in [2.24, 2.45) is 0 Å². The number of H-pyrrole nitrogens is 1. The van der Waals surface area contributed by atoms with Crippen LogP contribution in [0.2, 0.25) is 5.02 Å². The number of halogens is 1. The number of carbonyl (C=O) groups excluding carboxylic acids is 2. The predicted molar refractivity (Wildman–Crippen MR) is 95.0 cm³/mol. The van der Waals surface area contributed by atoms with Crippen molar-refractivity contribution in [2.75, 3.05) is 12.4 Å². The van der Waals surface area contributed by atoms with Crippen molar-refractivity contribution in [1.29, 1.82) is 0 Å². The second-order valence-electron chi connectivity index (χ2n) is 5.59. The molecule has 0 atom stereocenters. The number of benzene rings is 1. The summed E-state index contributed by atoms with van der Waals surface area (Å²) in [6, 6.07) is 5.33. The Kier molecular flexibility index (Phi) is 5.67. The fourth-order valence-corrected chi connectivity index (χ4v) is 2.85.